The molecule has 0 spiro atoms. The second-order valence-electron chi connectivity index (χ2n) is 5.91. The van der Waals surface area contributed by atoms with Crippen molar-refractivity contribution in [3.63, 3.8) is 0 Å². The van der Waals surface area contributed by atoms with Gasteiger partial charge < -0.3 is 10.1 Å². The van der Waals surface area contributed by atoms with E-state index in [1.54, 1.807) is 36.4 Å². The zero-order chi connectivity index (χ0) is 21.0. The summed E-state index contributed by atoms with van der Waals surface area (Å²) in [6.45, 7) is 0. The van der Waals surface area contributed by atoms with E-state index < -0.39 is 15.9 Å². The molecule has 0 aromatic heterocycles. The smallest absolute Gasteiger partial charge is 0.261 e. The SMILES string of the molecule is COc1ccc(Cl)cc1NC(=O)c1ccc(NS(=O)(=O)c2ccccc2)cc1Cl. The Morgan fingerprint density at radius 1 is 0.966 bits per heavy atom. The van der Waals surface area contributed by atoms with E-state index in [9.17, 15) is 13.2 Å². The fraction of sp³-hybridized carbons (Fsp3) is 0.0500. The average molecular weight is 451 g/mol. The van der Waals surface area contributed by atoms with Crippen molar-refractivity contribution in [2.24, 2.45) is 0 Å². The predicted octanol–water partition coefficient (Wildman–Crippen LogP) is 5.06. The van der Waals surface area contributed by atoms with Gasteiger partial charge in [0, 0.05) is 5.02 Å². The molecule has 150 valence electrons. The Hall–Kier alpha value is -2.74. The Bertz CT molecular complexity index is 1150. The highest BCUT2D eigenvalue weighted by Gasteiger charge is 2.17. The normalized spacial score (nSPS) is 11.0. The summed E-state index contributed by atoms with van der Waals surface area (Å²) >= 11 is 12.2. The van der Waals surface area contributed by atoms with Gasteiger partial charge in [0.2, 0.25) is 0 Å². The van der Waals surface area contributed by atoms with Crippen molar-refractivity contribution >= 4 is 50.5 Å². The molecule has 2 N–H and O–H groups in total. The van der Waals surface area contributed by atoms with E-state index in [4.69, 9.17) is 27.9 Å². The fourth-order valence-corrected chi connectivity index (χ4v) is 4.05. The molecule has 0 fully saturated rings. The lowest BCUT2D eigenvalue weighted by atomic mass is 10.2. The monoisotopic (exact) mass is 450 g/mol. The molecule has 3 rings (SSSR count). The summed E-state index contributed by atoms with van der Waals surface area (Å²) in [6.07, 6.45) is 0. The molecular weight excluding hydrogens is 435 g/mol. The first-order valence-corrected chi connectivity index (χ1v) is 10.6. The van der Waals surface area contributed by atoms with Gasteiger partial charge >= 0.3 is 0 Å². The summed E-state index contributed by atoms with van der Waals surface area (Å²) in [5.41, 5.74) is 0.780. The number of ether oxygens (including phenoxy) is 1. The molecule has 0 radical (unpaired) electrons. The Morgan fingerprint density at radius 3 is 2.34 bits per heavy atom. The highest BCUT2D eigenvalue weighted by atomic mass is 35.5. The van der Waals surface area contributed by atoms with Crippen LogP contribution < -0.4 is 14.8 Å². The Morgan fingerprint density at radius 2 is 1.69 bits per heavy atom. The lowest BCUT2D eigenvalue weighted by Gasteiger charge is -2.13. The summed E-state index contributed by atoms with van der Waals surface area (Å²) in [5.74, 6) is -0.0563. The number of rotatable bonds is 6. The van der Waals surface area contributed by atoms with E-state index in [-0.39, 0.29) is 21.2 Å². The molecule has 0 bridgehead atoms. The van der Waals surface area contributed by atoms with Crippen LogP contribution in [-0.4, -0.2) is 21.4 Å². The van der Waals surface area contributed by atoms with Crippen LogP contribution in [0.1, 0.15) is 10.4 Å². The van der Waals surface area contributed by atoms with Crippen molar-refractivity contribution in [2.75, 3.05) is 17.1 Å². The number of benzene rings is 3. The van der Waals surface area contributed by atoms with Crippen LogP contribution in [-0.2, 0) is 10.0 Å². The highest BCUT2D eigenvalue weighted by Crippen LogP contribution is 2.29. The predicted molar refractivity (Wildman–Crippen MR) is 115 cm³/mol. The summed E-state index contributed by atoms with van der Waals surface area (Å²) in [4.78, 5) is 12.7. The van der Waals surface area contributed by atoms with Gasteiger partial charge in [-0.05, 0) is 48.5 Å². The van der Waals surface area contributed by atoms with Crippen molar-refractivity contribution in [1.29, 1.82) is 0 Å². The third-order valence-corrected chi connectivity index (χ3v) is 5.87. The molecule has 29 heavy (non-hydrogen) atoms. The molecule has 0 saturated heterocycles. The maximum absolute atomic E-state index is 12.6. The lowest BCUT2D eigenvalue weighted by Crippen LogP contribution is -2.15. The lowest BCUT2D eigenvalue weighted by molar-refractivity contribution is 0.102. The van der Waals surface area contributed by atoms with Crippen molar-refractivity contribution in [1.82, 2.24) is 0 Å². The minimum Gasteiger partial charge on any atom is -0.495 e. The standard InChI is InChI=1S/C20H16Cl2N2O4S/c1-28-19-10-7-13(21)11-18(19)23-20(25)16-9-8-14(12-17(16)22)24-29(26,27)15-5-3-2-4-6-15/h2-12,24H,1H3,(H,23,25). The summed E-state index contributed by atoms with van der Waals surface area (Å²) in [6, 6.07) is 17.0. The molecule has 0 aliphatic carbocycles. The number of anilines is 2. The Balaban J connectivity index is 1.81. The first-order valence-electron chi connectivity index (χ1n) is 8.32. The Kier molecular flexibility index (Phi) is 6.32. The van der Waals surface area contributed by atoms with Crippen LogP contribution in [0.15, 0.2) is 71.6 Å². The molecule has 3 aromatic rings. The van der Waals surface area contributed by atoms with Gasteiger partial charge in [-0.15, -0.1) is 0 Å². The molecule has 3 aromatic carbocycles. The molecule has 0 atom stereocenters. The molecule has 0 heterocycles. The van der Waals surface area contributed by atoms with Gasteiger partial charge in [-0.3, -0.25) is 9.52 Å². The second kappa shape index (κ2) is 8.73. The number of carbonyl (C=O) groups excluding carboxylic acids is 1. The van der Waals surface area contributed by atoms with E-state index in [0.29, 0.717) is 16.5 Å². The number of sulfonamides is 1. The van der Waals surface area contributed by atoms with E-state index in [2.05, 4.69) is 10.0 Å². The molecule has 1 amide bonds. The largest absolute Gasteiger partial charge is 0.495 e. The minimum atomic E-state index is -3.77. The van der Waals surface area contributed by atoms with Crippen LogP contribution >= 0.6 is 23.2 Å². The molecular formula is C20H16Cl2N2O4S. The minimum absolute atomic E-state index is 0.0803. The molecule has 0 unspecified atom stereocenters. The summed E-state index contributed by atoms with van der Waals surface area (Å²) in [5, 5.41) is 3.19. The van der Waals surface area contributed by atoms with Crippen LogP contribution in [0.5, 0.6) is 5.75 Å². The van der Waals surface area contributed by atoms with Gasteiger partial charge in [0.15, 0.2) is 0 Å². The molecule has 0 saturated carbocycles. The van der Waals surface area contributed by atoms with E-state index in [0.717, 1.165) is 0 Å². The zero-order valence-electron chi connectivity index (χ0n) is 15.1. The van der Waals surface area contributed by atoms with E-state index in [1.165, 1.54) is 37.4 Å². The van der Waals surface area contributed by atoms with Crippen LogP contribution in [0.4, 0.5) is 11.4 Å². The average Bonchev–Trinajstić information content (AvgIpc) is 2.68. The number of carbonyl (C=O) groups is 1. The van der Waals surface area contributed by atoms with Crippen LogP contribution in [0.25, 0.3) is 0 Å². The number of hydrogen-bond donors (Lipinski definition) is 2. The van der Waals surface area contributed by atoms with Crippen molar-refractivity contribution in [3.8, 4) is 5.75 Å². The third kappa shape index (κ3) is 5.00. The van der Waals surface area contributed by atoms with Gasteiger partial charge in [-0.1, -0.05) is 41.4 Å². The molecule has 9 heteroatoms. The molecule has 0 aliphatic heterocycles. The summed E-state index contributed by atoms with van der Waals surface area (Å²) < 4.78 is 32.5. The first-order chi connectivity index (χ1) is 13.8. The number of hydrogen-bond acceptors (Lipinski definition) is 4. The van der Waals surface area contributed by atoms with Crippen LogP contribution in [0, 0.1) is 0 Å². The fourth-order valence-electron chi connectivity index (χ4n) is 2.54. The highest BCUT2D eigenvalue weighted by molar-refractivity contribution is 7.92. The zero-order valence-corrected chi connectivity index (χ0v) is 17.5. The Labute approximate surface area is 178 Å². The van der Waals surface area contributed by atoms with Crippen LogP contribution in [0.2, 0.25) is 10.0 Å². The van der Waals surface area contributed by atoms with Crippen molar-refractivity contribution in [2.45, 2.75) is 4.90 Å². The molecule has 0 aliphatic rings. The van der Waals surface area contributed by atoms with Gasteiger partial charge in [0.05, 0.1) is 34.0 Å². The maximum Gasteiger partial charge on any atom is 0.261 e. The summed E-state index contributed by atoms with van der Waals surface area (Å²) in [7, 11) is -2.29. The first kappa shape index (κ1) is 21.0. The van der Waals surface area contributed by atoms with Crippen LogP contribution in [0.3, 0.4) is 0 Å². The third-order valence-electron chi connectivity index (χ3n) is 3.93. The van der Waals surface area contributed by atoms with Gasteiger partial charge in [-0.25, -0.2) is 8.42 Å². The second-order valence-corrected chi connectivity index (χ2v) is 8.44. The quantitative estimate of drug-likeness (QED) is 0.549. The van der Waals surface area contributed by atoms with Crippen molar-refractivity contribution < 1.29 is 17.9 Å². The van der Waals surface area contributed by atoms with E-state index in [1.807, 2.05) is 0 Å². The maximum atomic E-state index is 12.6. The van der Waals surface area contributed by atoms with Crippen molar-refractivity contribution in [3.05, 3.63) is 82.3 Å². The van der Waals surface area contributed by atoms with Gasteiger partial charge in [-0.2, -0.15) is 0 Å². The number of methoxy groups -OCH3 is 1. The van der Waals surface area contributed by atoms with E-state index >= 15 is 0 Å². The number of halogens is 2. The number of amides is 1. The van der Waals surface area contributed by atoms with Gasteiger partial charge in [0.25, 0.3) is 15.9 Å². The number of nitrogens with one attached hydrogen (secondary N) is 2. The topological polar surface area (TPSA) is 84.5 Å². The van der Waals surface area contributed by atoms with Gasteiger partial charge in [0.1, 0.15) is 5.75 Å². The molecule has 6 nitrogen and oxygen atoms in total.